The van der Waals surface area contributed by atoms with Gasteiger partial charge in [-0.2, -0.15) is 0 Å². The van der Waals surface area contributed by atoms with Crippen LogP contribution < -0.4 is 5.73 Å². The molecule has 1 heteroatoms. The number of rotatable bonds is 3. The quantitative estimate of drug-likeness (QED) is 0.851. The highest BCUT2D eigenvalue weighted by atomic mass is 14.7. The lowest BCUT2D eigenvalue weighted by Gasteiger charge is -2.40. The van der Waals surface area contributed by atoms with Gasteiger partial charge in [0.15, 0.2) is 0 Å². The van der Waals surface area contributed by atoms with E-state index in [1.54, 1.807) is 11.1 Å². The minimum atomic E-state index is 0.377. The molecule has 0 amide bonds. The molecule has 4 atom stereocenters. The topological polar surface area (TPSA) is 26.0 Å². The molecule has 0 spiro atoms. The standard InChI is InChI=1S/C19H29N/c1-2-14-8-3-6-12-17(14)19(20)18-13-7-10-15-9-4-5-11-16(15)18/h4-5,9,11,14,17-19H,2-3,6-8,10,12-13,20H2,1H3. The first-order valence-electron chi connectivity index (χ1n) is 8.64. The van der Waals surface area contributed by atoms with Crippen molar-refractivity contribution < 1.29 is 0 Å². The Balaban J connectivity index is 1.82. The Morgan fingerprint density at radius 3 is 2.75 bits per heavy atom. The summed E-state index contributed by atoms with van der Waals surface area (Å²) >= 11 is 0. The van der Waals surface area contributed by atoms with Crippen molar-refractivity contribution in [3.8, 4) is 0 Å². The average molecular weight is 271 g/mol. The fourth-order valence-electron chi connectivity index (χ4n) is 4.74. The molecule has 1 aromatic rings. The van der Waals surface area contributed by atoms with Crippen LogP contribution in [-0.2, 0) is 6.42 Å². The second kappa shape index (κ2) is 6.30. The molecule has 4 unspecified atom stereocenters. The van der Waals surface area contributed by atoms with Gasteiger partial charge in [-0.1, -0.05) is 56.9 Å². The summed E-state index contributed by atoms with van der Waals surface area (Å²) in [5, 5.41) is 0. The normalized spacial score (nSPS) is 31.6. The lowest BCUT2D eigenvalue weighted by molar-refractivity contribution is 0.175. The van der Waals surface area contributed by atoms with Crippen molar-refractivity contribution in [3.63, 3.8) is 0 Å². The van der Waals surface area contributed by atoms with Crippen molar-refractivity contribution in [2.75, 3.05) is 0 Å². The van der Waals surface area contributed by atoms with Gasteiger partial charge in [0.05, 0.1) is 0 Å². The van der Waals surface area contributed by atoms with E-state index < -0.39 is 0 Å². The summed E-state index contributed by atoms with van der Waals surface area (Å²) < 4.78 is 0. The van der Waals surface area contributed by atoms with Crippen molar-refractivity contribution in [3.05, 3.63) is 35.4 Å². The summed E-state index contributed by atoms with van der Waals surface area (Å²) in [7, 11) is 0. The van der Waals surface area contributed by atoms with Gasteiger partial charge in [0.2, 0.25) is 0 Å². The van der Waals surface area contributed by atoms with Gasteiger partial charge >= 0.3 is 0 Å². The van der Waals surface area contributed by atoms with E-state index in [0.717, 1.165) is 11.8 Å². The lowest BCUT2D eigenvalue weighted by Crippen LogP contribution is -2.42. The summed E-state index contributed by atoms with van der Waals surface area (Å²) in [4.78, 5) is 0. The molecule has 110 valence electrons. The molecule has 1 saturated carbocycles. The second-order valence-corrected chi connectivity index (χ2v) is 6.89. The SMILES string of the molecule is CCC1CCCCC1C(N)C1CCCc2ccccc21. The molecule has 1 aromatic carbocycles. The third kappa shape index (κ3) is 2.65. The van der Waals surface area contributed by atoms with Crippen LogP contribution in [0.25, 0.3) is 0 Å². The van der Waals surface area contributed by atoms with Crippen molar-refractivity contribution in [2.45, 2.75) is 70.3 Å². The third-order valence-corrected chi connectivity index (χ3v) is 5.87. The van der Waals surface area contributed by atoms with Crippen molar-refractivity contribution >= 4 is 0 Å². The number of hydrogen-bond donors (Lipinski definition) is 1. The van der Waals surface area contributed by atoms with Crippen LogP contribution in [0.3, 0.4) is 0 Å². The maximum atomic E-state index is 6.80. The van der Waals surface area contributed by atoms with E-state index in [9.17, 15) is 0 Å². The largest absolute Gasteiger partial charge is 0.327 e. The fraction of sp³-hybridized carbons (Fsp3) is 0.684. The molecule has 1 nitrogen and oxygen atoms in total. The molecule has 0 aromatic heterocycles. The summed E-state index contributed by atoms with van der Waals surface area (Å²) in [6.45, 7) is 2.35. The first-order valence-corrected chi connectivity index (χ1v) is 8.64. The predicted molar refractivity (Wildman–Crippen MR) is 85.8 cm³/mol. The van der Waals surface area contributed by atoms with Crippen LogP contribution in [0, 0.1) is 11.8 Å². The van der Waals surface area contributed by atoms with E-state index in [0.29, 0.717) is 12.0 Å². The van der Waals surface area contributed by atoms with Crippen LogP contribution in [0.5, 0.6) is 0 Å². The number of nitrogens with two attached hydrogens (primary N) is 1. The number of aryl methyl sites for hydroxylation is 1. The molecule has 0 heterocycles. The van der Waals surface area contributed by atoms with Gasteiger partial charge < -0.3 is 5.73 Å². The highest BCUT2D eigenvalue weighted by Gasteiger charge is 2.35. The summed E-state index contributed by atoms with van der Waals surface area (Å²) in [5.74, 6) is 2.23. The molecule has 3 rings (SSSR count). The van der Waals surface area contributed by atoms with E-state index in [2.05, 4.69) is 31.2 Å². The smallest absolute Gasteiger partial charge is 0.0139 e. The minimum Gasteiger partial charge on any atom is -0.327 e. The van der Waals surface area contributed by atoms with E-state index >= 15 is 0 Å². The Labute approximate surface area is 124 Å². The summed E-state index contributed by atoms with van der Waals surface area (Å²) in [6.07, 6.45) is 10.8. The zero-order valence-electron chi connectivity index (χ0n) is 12.9. The Kier molecular flexibility index (Phi) is 4.45. The second-order valence-electron chi connectivity index (χ2n) is 6.89. The van der Waals surface area contributed by atoms with E-state index in [4.69, 9.17) is 5.73 Å². The van der Waals surface area contributed by atoms with Gasteiger partial charge in [0.25, 0.3) is 0 Å². The molecule has 1 fully saturated rings. The van der Waals surface area contributed by atoms with Gasteiger partial charge in [-0.3, -0.25) is 0 Å². The molecule has 0 saturated heterocycles. The maximum absolute atomic E-state index is 6.80. The first-order chi connectivity index (χ1) is 9.81. The molecule has 0 aliphatic heterocycles. The van der Waals surface area contributed by atoms with E-state index in [-0.39, 0.29) is 0 Å². The van der Waals surface area contributed by atoms with Crippen LogP contribution >= 0.6 is 0 Å². The van der Waals surface area contributed by atoms with Crippen LogP contribution in [-0.4, -0.2) is 6.04 Å². The van der Waals surface area contributed by atoms with Crippen LogP contribution in [0.15, 0.2) is 24.3 Å². The third-order valence-electron chi connectivity index (χ3n) is 5.87. The Bertz CT molecular complexity index is 439. The molecule has 2 N–H and O–H groups in total. The van der Waals surface area contributed by atoms with E-state index in [1.165, 1.54) is 51.4 Å². The molecule has 0 radical (unpaired) electrons. The molecular formula is C19H29N. The molecule has 2 aliphatic carbocycles. The van der Waals surface area contributed by atoms with Gasteiger partial charge in [-0.15, -0.1) is 0 Å². The van der Waals surface area contributed by atoms with Crippen molar-refractivity contribution in [1.82, 2.24) is 0 Å². The minimum absolute atomic E-state index is 0.377. The number of hydrogen-bond acceptors (Lipinski definition) is 1. The Hall–Kier alpha value is -0.820. The zero-order valence-corrected chi connectivity index (χ0v) is 12.9. The number of benzene rings is 1. The molecule has 20 heavy (non-hydrogen) atoms. The summed E-state index contributed by atoms with van der Waals surface area (Å²) in [5.41, 5.74) is 9.92. The maximum Gasteiger partial charge on any atom is 0.0139 e. The fourth-order valence-corrected chi connectivity index (χ4v) is 4.74. The van der Waals surface area contributed by atoms with Crippen molar-refractivity contribution in [2.24, 2.45) is 17.6 Å². The van der Waals surface area contributed by atoms with Gasteiger partial charge in [0, 0.05) is 6.04 Å². The van der Waals surface area contributed by atoms with Crippen molar-refractivity contribution in [1.29, 1.82) is 0 Å². The Morgan fingerprint density at radius 2 is 1.90 bits per heavy atom. The average Bonchev–Trinajstić information content (AvgIpc) is 2.53. The lowest BCUT2D eigenvalue weighted by atomic mass is 9.67. The Morgan fingerprint density at radius 1 is 1.10 bits per heavy atom. The van der Waals surface area contributed by atoms with E-state index in [1.807, 2.05) is 0 Å². The number of fused-ring (bicyclic) bond motifs is 1. The van der Waals surface area contributed by atoms with Gasteiger partial charge in [-0.05, 0) is 54.6 Å². The summed E-state index contributed by atoms with van der Waals surface area (Å²) in [6, 6.07) is 9.40. The molecular weight excluding hydrogens is 242 g/mol. The first kappa shape index (κ1) is 14.1. The van der Waals surface area contributed by atoms with Crippen LogP contribution in [0.1, 0.15) is 68.9 Å². The van der Waals surface area contributed by atoms with Gasteiger partial charge in [-0.25, -0.2) is 0 Å². The molecule has 2 aliphatic rings. The van der Waals surface area contributed by atoms with Gasteiger partial charge in [0.1, 0.15) is 0 Å². The zero-order chi connectivity index (χ0) is 13.9. The molecule has 0 bridgehead atoms. The predicted octanol–water partition coefficient (Wildman–Crippen LogP) is 4.65. The van der Waals surface area contributed by atoms with Crippen LogP contribution in [0.4, 0.5) is 0 Å². The highest BCUT2D eigenvalue weighted by Crippen LogP contribution is 2.42. The monoisotopic (exact) mass is 271 g/mol. The highest BCUT2D eigenvalue weighted by molar-refractivity contribution is 5.33. The van der Waals surface area contributed by atoms with Crippen LogP contribution in [0.2, 0.25) is 0 Å².